The third-order valence-electron chi connectivity index (χ3n) is 3.91. The zero-order valence-electron chi connectivity index (χ0n) is 12.0. The summed E-state index contributed by atoms with van der Waals surface area (Å²) >= 11 is 12.2. The first-order chi connectivity index (χ1) is 10.6. The molecule has 0 radical (unpaired) electrons. The Bertz CT molecular complexity index is 686. The van der Waals surface area contributed by atoms with Gasteiger partial charge in [0.1, 0.15) is 5.76 Å². The Morgan fingerprint density at radius 1 is 1.36 bits per heavy atom. The second-order valence-electron chi connectivity index (χ2n) is 5.38. The number of nitrogens with one attached hydrogen (secondary N) is 2. The lowest BCUT2D eigenvalue weighted by Gasteiger charge is -2.17. The molecule has 2 amide bonds. The van der Waals surface area contributed by atoms with E-state index in [-0.39, 0.29) is 18.1 Å². The quantitative estimate of drug-likeness (QED) is 0.856. The van der Waals surface area contributed by atoms with Crippen molar-refractivity contribution in [3.05, 3.63) is 57.5 Å². The van der Waals surface area contributed by atoms with Crippen molar-refractivity contribution in [3.8, 4) is 0 Å². The van der Waals surface area contributed by atoms with Gasteiger partial charge in [0, 0.05) is 0 Å². The first kappa shape index (κ1) is 15.3. The number of amides is 2. The van der Waals surface area contributed by atoms with Crippen LogP contribution in [0.2, 0.25) is 10.0 Å². The van der Waals surface area contributed by atoms with Gasteiger partial charge < -0.3 is 15.1 Å². The van der Waals surface area contributed by atoms with Gasteiger partial charge in [-0.2, -0.15) is 0 Å². The molecule has 1 aliphatic carbocycles. The van der Waals surface area contributed by atoms with Crippen molar-refractivity contribution in [2.75, 3.05) is 0 Å². The molecule has 4 nitrogen and oxygen atoms in total. The van der Waals surface area contributed by atoms with E-state index in [9.17, 15) is 4.79 Å². The van der Waals surface area contributed by atoms with Crippen LogP contribution in [0.3, 0.4) is 0 Å². The third kappa shape index (κ3) is 2.94. The highest BCUT2D eigenvalue weighted by Gasteiger charge is 2.27. The van der Waals surface area contributed by atoms with Gasteiger partial charge in [0.25, 0.3) is 0 Å². The predicted octanol–water partition coefficient (Wildman–Crippen LogP) is 4.63. The van der Waals surface area contributed by atoms with Crippen LogP contribution in [0.15, 0.2) is 34.9 Å². The highest BCUT2D eigenvalue weighted by molar-refractivity contribution is 6.42. The number of benzene rings is 1. The topological polar surface area (TPSA) is 54.3 Å². The molecule has 0 saturated heterocycles. The molecule has 0 saturated carbocycles. The normalized spacial score (nSPS) is 17.9. The lowest BCUT2D eigenvalue weighted by molar-refractivity contribution is 0.232. The van der Waals surface area contributed by atoms with E-state index in [1.165, 1.54) is 0 Å². The molecule has 3 rings (SSSR count). The first-order valence-corrected chi connectivity index (χ1v) is 7.89. The van der Waals surface area contributed by atoms with Gasteiger partial charge in [-0.15, -0.1) is 0 Å². The number of halogens is 2. The minimum Gasteiger partial charge on any atom is -0.467 e. The van der Waals surface area contributed by atoms with Gasteiger partial charge in [-0.05, 0) is 49.1 Å². The van der Waals surface area contributed by atoms with Gasteiger partial charge in [-0.25, -0.2) is 4.79 Å². The maximum Gasteiger partial charge on any atom is 0.315 e. The van der Waals surface area contributed by atoms with E-state index in [1.807, 2.05) is 19.1 Å². The van der Waals surface area contributed by atoms with E-state index >= 15 is 0 Å². The van der Waals surface area contributed by atoms with E-state index in [0.29, 0.717) is 10.0 Å². The number of carbonyl (C=O) groups excluding carboxylic acids is 1. The maximum absolute atomic E-state index is 12.1. The molecule has 22 heavy (non-hydrogen) atoms. The molecule has 1 aromatic carbocycles. The fourth-order valence-corrected chi connectivity index (χ4v) is 3.23. The summed E-state index contributed by atoms with van der Waals surface area (Å²) in [5, 5.41) is 6.99. The van der Waals surface area contributed by atoms with Crippen molar-refractivity contribution in [1.29, 1.82) is 0 Å². The standard InChI is InChI=1S/C16H16Cl2N2O2/c1-9(14-3-2-8-22-14)19-16(21)20-13-7-5-11-10(13)4-6-12(17)15(11)18/h2-4,6,8-9,13H,5,7H2,1H3,(H2,19,20,21). The SMILES string of the molecule is CC(NC(=O)NC1CCc2c1ccc(Cl)c2Cl)c1ccco1. The van der Waals surface area contributed by atoms with Crippen LogP contribution in [-0.4, -0.2) is 6.03 Å². The summed E-state index contributed by atoms with van der Waals surface area (Å²) in [5.74, 6) is 0.719. The lowest BCUT2D eigenvalue weighted by atomic mass is 10.1. The molecule has 0 aliphatic heterocycles. The van der Waals surface area contributed by atoms with Crippen molar-refractivity contribution >= 4 is 29.2 Å². The van der Waals surface area contributed by atoms with Crippen LogP contribution < -0.4 is 10.6 Å². The summed E-state index contributed by atoms with van der Waals surface area (Å²) < 4.78 is 5.28. The average Bonchev–Trinajstić information content (AvgIpc) is 3.13. The molecule has 2 aromatic rings. The average molecular weight is 339 g/mol. The molecular weight excluding hydrogens is 323 g/mol. The Morgan fingerprint density at radius 3 is 2.91 bits per heavy atom. The van der Waals surface area contributed by atoms with Gasteiger partial charge in [0.2, 0.25) is 0 Å². The number of urea groups is 1. The minimum atomic E-state index is -0.229. The van der Waals surface area contributed by atoms with Crippen molar-refractivity contribution in [1.82, 2.24) is 10.6 Å². The van der Waals surface area contributed by atoms with Crippen molar-refractivity contribution < 1.29 is 9.21 Å². The predicted molar refractivity (Wildman–Crippen MR) is 86.3 cm³/mol. The van der Waals surface area contributed by atoms with Crippen molar-refractivity contribution in [2.45, 2.75) is 31.8 Å². The molecular formula is C16H16Cl2N2O2. The van der Waals surface area contributed by atoms with Crippen molar-refractivity contribution in [2.24, 2.45) is 0 Å². The third-order valence-corrected chi connectivity index (χ3v) is 4.76. The maximum atomic E-state index is 12.1. The molecule has 1 heterocycles. The Hall–Kier alpha value is -1.65. The van der Waals surface area contributed by atoms with Crippen LogP contribution in [0.25, 0.3) is 0 Å². The van der Waals surface area contributed by atoms with E-state index in [2.05, 4.69) is 10.6 Å². The van der Waals surface area contributed by atoms with Crippen LogP contribution in [0, 0.1) is 0 Å². The van der Waals surface area contributed by atoms with E-state index in [1.54, 1.807) is 18.4 Å². The largest absolute Gasteiger partial charge is 0.467 e. The second kappa shape index (κ2) is 6.23. The second-order valence-corrected chi connectivity index (χ2v) is 6.16. The molecule has 0 bridgehead atoms. The Balaban J connectivity index is 1.66. The smallest absolute Gasteiger partial charge is 0.315 e. The van der Waals surface area contributed by atoms with Crippen LogP contribution in [0.5, 0.6) is 0 Å². The van der Waals surface area contributed by atoms with Crippen LogP contribution in [0.4, 0.5) is 4.79 Å². The Morgan fingerprint density at radius 2 is 2.18 bits per heavy atom. The number of carbonyl (C=O) groups is 1. The van der Waals surface area contributed by atoms with Gasteiger partial charge in [0.15, 0.2) is 0 Å². The summed E-state index contributed by atoms with van der Waals surface area (Å²) in [7, 11) is 0. The van der Waals surface area contributed by atoms with Crippen molar-refractivity contribution in [3.63, 3.8) is 0 Å². The molecule has 1 aromatic heterocycles. The van der Waals surface area contributed by atoms with Crippen LogP contribution in [-0.2, 0) is 6.42 Å². The zero-order valence-corrected chi connectivity index (χ0v) is 13.5. The van der Waals surface area contributed by atoms with Gasteiger partial charge in [-0.3, -0.25) is 0 Å². The summed E-state index contributed by atoms with van der Waals surface area (Å²) in [6.45, 7) is 1.87. The zero-order chi connectivity index (χ0) is 15.7. The highest BCUT2D eigenvalue weighted by atomic mass is 35.5. The van der Waals surface area contributed by atoms with Crippen LogP contribution in [0.1, 0.15) is 42.3 Å². The summed E-state index contributed by atoms with van der Waals surface area (Å²) in [4.78, 5) is 12.1. The summed E-state index contributed by atoms with van der Waals surface area (Å²) in [6.07, 6.45) is 3.22. The fourth-order valence-electron chi connectivity index (χ4n) is 2.79. The molecule has 0 fully saturated rings. The number of rotatable bonds is 3. The molecule has 2 unspecified atom stereocenters. The molecule has 6 heteroatoms. The van der Waals surface area contributed by atoms with Crippen LogP contribution >= 0.6 is 23.2 Å². The van der Waals surface area contributed by atoms with E-state index in [0.717, 1.165) is 29.7 Å². The minimum absolute atomic E-state index is 0.0476. The Labute approximate surface area is 138 Å². The highest BCUT2D eigenvalue weighted by Crippen LogP contribution is 2.39. The summed E-state index contributed by atoms with van der Waals surface area (Å²) in [5.41, 5.74) is 2.06. The van der Waals surface area contributed by atoms with Gasteiger partial charge in [-0.1, -0.05) is 29.3 Å². The lowest BCUT2D eigenvalue weighted by Crippen LogP contribution is -2.38. The number of hydrogen-bond donors (Lipinski definition) is 2. The van der Waals surface area contributed by atoms with Gasteiger partial charge in [0.05, 0.1) is 28.4 Å². The summed E-state index contributed by atoms with van der Waals surface area (Å²) in [6, 6.07) is 6.86. The molecule has 2 atom stereocenters. The molecule has 1 aliphatic rings. The molecule has 0 spiro atoms. The molecule has 2 N–H and O–H groups in total. The first-order valence-electron chi connectivity index (χ1n) is 7.13. The monoisotopic (exact) mass is 338 g/mol. The number of hydrogen-bond acceptors (Lipinski definition) is 2. The Kier molecular flexibility index (Phi) is 4.32. The number of fused-ring (bicyclic) bond motifs is 1. The number of furan rings is 1. The van der Waals surface area contributed by atoms with Gasteiger partial charge >= 0.3 is 6.03 Å². The van der Waals surface area contributed by atoms with E-state index < -0.39 is 0 Å². The fraction of sp³-hybridized carbons (Fsp3) is 0.312. The molecule has 116 valence electrons. The van der Waals surface area contributed by atoms with E-state index in [4.69, 9.17) is 27.6 Å².